The second-order valence-corrected chi connectivity index (χ2v) is 8.32. The van der Waals surface area contributed by atoms with Crippen LogP contribution < -0.4 is 10.6 Å². The van der Waals surface area contributed by atoms with Crippen molar-refractivity contribution < 1.29 is 4.79 Å². The van der Waals surface area contributed by atoms with Gasteiger partial charge in [0.25, 0.3) is 0 Å². The summed E-state index contributed by atoms with van der Waals surface area (Å²) in [6, 6.07) is 19.1. The molecule has 0 radical (unpaired) electrons. The van der Waals surface area contributed by atoms with Crippen LogP contribution in [0.15, 0.2) is 60.7 Å². The summed E-state index contributed by atoms with van der Waals surface area (Å²) in [5.41, 5.74) is 6.24. The van der Waals surface area contributed by atoms with E-state index in [4.69, 9.17) is 23.8 Å². The van der Waals surface area contributed by atoms with E-state index in [9.17, 15) is 4.79 Å². The summed E-state index contributed by atoms with van der Waals surface area (Å²) < 4.78 is 0. The molecule has 0 saturated carbocycles. The van der Waals surface area contributed by atoms with E-state index in [1.807, 2.05) is 43.3 Å². The fraction of sp³-hybridized carbons (Fsp3) is 0.167. The highest BCUT2D eigenvalue weighted by Gasteiger charge is 2.11. The van der Waals surface area contributed by atoms with Gasteiger partial charge in [-0.15, -0.1) is 10.2 Å². The highest BCUT2D eigenvalue weighted by molar-refractivity contribution is 7.80. The quantitative estimate of drug-likeness (QED) is 0.407. The minimum Gasteiger partial charge on any atom is -0.332 e. The Hall–Kier alpha value is -3.29. The van der Waals surface area contributed by atoms with Crippen LogP contribution in [0, 0.1) is 6.92 Å². The van der Waals surface area contributed by atoms with E-state index >= 15 is 0 Å². The Morgan fingerprint density at radius 1 is 1.00 bits per heavy atom. The van der Waals surface area contributed by atoms with Gasteiger partial charge < -0.3 is 10.6 Å². The smallest absolute Gasteiger partial charge is 0.230 e. The van der Waals surface area contributed by atoms with Crippen LogP contribution in [0.4, 0.5) is 5.69 Å². The number of thiocarbonyl (C=S) groups is 1. The number of carbonyl (C=O) groups is 1. The van der Waals surface area contributed by atoms with Crippen molar-refractivity contribution in [2.75, 3.05) is 5.32 Å². The molecule has 1 heterocycles. The number of hydrogen-bond donors (Lipinski definition) is 2. The Morgan fingerprint density at radius 2 is 1.62 bits per heavy atom. The van der Waals surface area contributed by atoms with Gasteiger partial charge in [0.1, 0.15) is 11.0 Å². The number of aromatic nitrogens is 3. The maximum Gasteiger partial charge on any atom is 0.230 e. The predicted molar refractivity (Wildman–Crippen MR) is 132 cm³/mol. The first kappa shape index (κ1) is 21.9. The summed E-state index contributed by atoms with van der Waals surface area (Å²) in [5, 5.41) is 15.9. The fourth-order valence-corrected chi connectivity index (χ4v) is 3.64. The molecule has 0 spiro atoms. The largest absolute Gasteiger partial charge is 0.332 e. The molecular weight excluding hydrogens is 442 g/mol. The number of aryl methyl sites for hydroxylation is 2. The third kappa shape index (κ3) is 5.12. The van der Waals surface area contributed by atoms with Crippen molar-refractivity contribution >= 4 is 51.6 Å². The van der Waals surface area contributed by atoms with Crippen LogP contribution >= 0.6 is 23.8 Å². The van der Waals surface area contributed by atoms with Gasteiger partial charge in [0.05, 0.1) is 12.1 Å². The molecule has 0 aliphatic carbocycles. The van der Waals surface area contributed by atoms with E-state index in [1.165, 1.54) is 5.56 Å². The predicted octanol–water partition coefficient (Wildman–Crippen LogP) is 5.00. The first-order valence-corrected chi connectivity index (χ1v) is 11.0. The minimum atomic E-state index is -0.204. The summed E-state index contributed by atoms with van der Waals surface area (Å²) in [4.78, 5) is 13.9. The lowest BCUT2D eigenvalue weighted by atomic mass is 10.1. The van der Waals surface area contributed by atoms with E-state index in [0.717, 1.165) is 40.0 Å². The number of anilines is 1. The fourth-order valence-electron chi connectivity index (χ4n) is 3.30. The molecule has 8 heteroatoms. The van der Waals surface area contributed by atoms with Crippen molar-refractivity contribution in [1.82, 2.24) is 20.3 Å². The van der Waals surface area contributed by atoms with Gasteiger partial charge in [-0.05, 0) is 78.7 Å². The van der Waals surface area contributed by atoms with Gasteiger partial charge in [0.15, 0.2) is 5.11 Å². The molecule has 6 nitrogen and oxygen atoms in total. The number of fused-ring (bicyclic) bond motifs is 1. The van der Waals surface area contributed by atoms with Gasteiger partial charge >= 0.3 is 0 Å². The zero-order chi connectivity index (χ0) is 22.7. The number of benzene rings is 3. The van der Waals surface area contributed by atoms with Crippen LogP contribution in [0.2, 0.25) is 5.02 Å². The molecule has 162 valence electrons. The third-order valence-electron chi connectivity index (χ3n) is 5.08. The van der Waals surface area contributed by atoms with E-state index in [0.29, 0.717) is 5.02 Å². The van der Waals surface area contributed by atoms with Crippen LogP contribution in [0.1, 0.15) is 23.6 Å². The van der Waals surface area contributed by atoms with Crippen molar-refractivity contribution in [2.24, 2.45) is 0 Å². The van der Waals surface area contributed by atoms with E-state index in [2.05, 4.69) is 39.9 Å². The molecular formula is C24H22ClN5OS. The van der Waals surface area contributed by atoms with Gasteiger partial charge in [-0.1, -0.05) is 42.8 Å². The average Bonchev–Trinajstić information content (AvgIpc) is 3.18. The first-order valence-electron chi connectivity index (χ1n) is 10.2. The SMILES string of the molecule is CCc1ccc(-n2nc3cc(C)c(NC(=S)NC(=O)Cc4ccc(Cl)cc4)cc3n2)cc1. The van der Waals surface area contributed by atoms with Gasteiger partial charge in [-0.3, -0.25) is 4.79 Å². The Labute approximate surface area is 196 Å². The van der Waals surface area contributed by atoms with Crippen molar-refractivity contribution in [3.05, 3.63) is 82.4 Å². The zero-order valence-corrected chi connectivity index (χ0v) is 19.3. The second-order valence-electron chi connectivity index (χ2n) is 7.47. The molecule has 0 atom stereocenters. The van der Waals surface area contributed by atoms with Gasteiger partial charge in [-0.2, -0.15) is 4.80 Å². The number of nitrogens with one attached hydrogen (secondary N) is 2. The minimum absolute atomic E-state index is 0.204. The first-order chi connectivity index (χ1) is 15.4. The molecule has 32 heavy (non-hydrogen) atoms. The molecule has 2 N–H and O–H groups in total. The summed E-state index contributed by atoms with van der Waals surface area (Å²) in [7, 11) is 0. The highest BCUT2D eigenvalue weighted by Crippen LogP contribution is 2.22. The molecule has 0 aliphatic heterocycles. The van der Waals surface area contributed by atoms with Crippen molar-refractivity contribution in [3.8, 4) is 5.69 Å². The van der Waals surface area contributed by atoms with Crippen LogP contribution in [-0.4, -0.2) is 26.0 Å². The second kappa shape index (κ2) is 9.46. The maximum atomic E-state index is 12.3. The van der Waals surface area contributed by atoms with E-state index < -0.39 is 0 Å². The van der Waals surface area contributed by atoms with Crippen LogP contribution in [0.3, 0.4) is 0 Å². The number of hydrogen-bond acceptors (Lipinski definition) is 4. The summed E-state index contributed by atoms with van der Waals surface area (Å²) in [6.45, 7) is 4.08. The van der Waals surface area contributed by atoms with Gasteiger partial charge in [-0.25, -0.2) is 0 Å². The third-order valence-corrected chi connectivity index (χ3v) is 5.54. The number of halogens is 1. The van der Waals surface area contributed by atoms with E-state index in [-0.39, 0.29) is 17.4 Å². The number of nitrogens with zero attached hydrogens (tertiary/aromatic N) is 3. The lowest BCUT2D eigenvalue weighted by molar-refractivity contribution is -0.119. The molecule has 0 aliphatic rings. The molecule has 1 aromatic heterocycles. The standard InChI is InChI=1S/C24H22ClN5OS/c1-3-16-6-10-19(11-7-16)30-28-21-12-15(2)20(14-22(21)29-30)26-24(32)27-23(31)13-17-4-8-18(25)9-5-17/h4-12,14H,3,13H2,1-2H3,(H2,26,27,31,32). The lowest BCUT2D eigenvalue weighted by Crippen LogP contribution is -2.35. The Bertz CT molecular complexity index is 1280. The van der Waals surface area contributed by atoms with Crippen LogP contribution in [0.25, 0.3) is 16.7 Å². The summed E-state index contributed by atoms with van der Waals surface area (Å²) in [6.07, 6.45) is 1.20. The monoisotopic (exact) mass is 463 g/mol. The summed E-state index contributed by atoms with van der Waals surface area (Å²) in [5.74, 6) is -0.204. The highest BCUT2D eigenvalue weighted by atomic mass is 35.5. The molecule has 1 amide bonds. The molecule has 3 aromatic carbocycles. The molecule has 4 rings (SSSR count). The molecule has 4 aromatic rings. The molecule has 0 unspecified atom stereocenters. The van der Waals surface area contributed by atoms with Crippen LogP contribution in [-0.2, 0) is 17.6 Å². The molecule has 0 fully saturated rings. The normalized spacial score (nSPS) is 10.8. The van der Waals surface area contributed by atoms with E-state index in [1.54, 1.807) is 16.9 Å². The number of rotatable bonds is 5. The lowest BCUT2D eigenvalue weighted by Gasteiger charge is -2.11. The number of carbonyl (C=O) groups excluding carboxylic acids is 1. The Morgan fingerprint density at radius 3 is 2.28 bits per heavy atom. The average molecular weight is 464 g/mol. The molecule has 0 saturated heterocycles. The Balaban J connectivity index is 1.46. The topological polar surface area (TPSA) is 71.8 Å². The van der Waals surface area contributed by atoms with Crippen LogP contribution in [0.5, 0.6) is 0 Å². The summed E-state index contributed by atoms with van der Waals surface area (Å²) >= 11 is 11.2. The Kier molecular flexibility index (Phi) is 6.48. The maximum absolute atomic E-state index is 12.3. The zero-order valence-electron chi connectivity index (χ0n) is 17.7. The van der Waals surface area contributed by atoms with Crippen molar-refractivity contribution in [3.63, 3.8) is 0 Å². The van der Waals surface area contributed by atoms with Gasteiger partial charge in [0, 0.05) is 10.7 Å². The van der Waals surface area contributed by atoms with Crippen molar-refractivity contribution in [1.29, 1.82) is 0 Å². The number of amides is 1. The van der Waals surface area contributed by atoms with Crippen molar-refractivity contribution in [2.45, 2.75) is 26.7 Å². The molecule has 0 bridgehead atoms. The van der Waals surface area contributed by atoms with Gasteiger partial charge in [0.2, 0.25) is 5.91 Å².